The number of rotatable bonds is 5. The minimum absolute atomic E-state index is 0.216. The van der Waals surface area contributed by atoms with E-state index in [0.29, 0.717) is 44.2 Å². The van der Waals surface area contributed by atoms with Crippen molar-refractivity contribution in [3.63, 3.8) is 0 Å². The topological polar surface area (TPSA) is 115 Å². The number of H-pyrrole nitrogens is 1. The summed E-state index contributed by atoms with van der Waals surface area (Å²) < 4.78 is 17.2. The first kappa shape index (κ1) is 25.6. The molecule has 0 amide bonds. The Hall–Kier alpha value is -4.05. The number of benzene rings is 1. The number of methoxy groups -OCH3 is 1. The van der Waals surface area contributed by atoms with Crippen LogP contribution in [0.2, 0.25) is 0 Å². The monoisotopic (exact) mass is 516 g/mol. The number of piperidine rings is 1. The number of carbonyl (C=O) groups is 1. The number of hydrogen-bond acceptors (Lipinski definition) is 9. The number of nitrogens with one attached hydrogen (secondary N) is 1. The lowest BCUT2D eigenvalue weighted by molar-refractivity contribution is -0.166. The van der Waals surface area contributed by atoms with Gasteiger partial charge in [0.25, 0.3) is 0 Å². The summed E-state index contributed by atoms with van der Waals surface area (Å²) in [5, 5.41) is 0. The van der Waals surface area contributed by atoms with Crippen LogP contribution in [0.1, 0.15) is 49.3 Å². The molecule has 38 heavy (non-hydrogen) atoms. The van der Waals surface area contributed by atoms with Gasteiger partial charge in [0, 0.05) is 56.9 Å². The summed E-state index contributed by atoms with van der Waals surface area (Å²) in [6.07, 6.45) is 4.79. The first-order valence-electron chi connectivity index (χ1n) is 12.9. The molecule has 2 aliphatic rings. The molecule has 10 heteroatoms. The van der Waals surface area contributed by atoms with E-state index in [-0.39, 0.29) is 12.4 Å². The lowest BCUT2D eigenvalue weighted by Crippen LogP contribution is -2.48. The minimum atomic E-state index is -0.625. The molecule has 0 bridgehead atoms. The molecule has 1 spiro atoms. The normalized spacial score (nSPS) is 16.0. The van der Waals surface area contributed by atoms with Gasteiger partial charge in [-0.1, -0.05) is 19.9 Å². The molecule has 1 aromatic carbocycles. The Labute approximate surface area is 221 Å². The van der Waals surface area contributed by atoms with Gasteiger partial charge in [-0.15, -0.1) is 0 Å². The van der Waals surface area contributed by atoms with E-state index < -0.39 is 5.60 Å². The van der Waals surface area contributed by atoms with Crippen LogP contribution in [-0.4, -0.2) is 51.1 Å². The fourth-order valence-electron chi connectivity index (χ4n) is 5.16. The predicted molar refractivity (Wildman–Crippen MR) is 142 cm³/mol. The standard InChI is InChI=1S/C26H26N6O4.C2H6/c1-16-10-17(11-20-25(16)31-21(30-20)14-34-2)35-23-13-22(28-15-29-23)32-8-5-26(6-9-32)18-4-3-7-27-19(18)12-24(33)36-26;1-2/h3-4,7,10-11,13,15H,5-6,8-9,12,14H2,1-2H3,(H,30,31);1-2H3. The van der Waals surface area contributed by atoms with Gasteiger partial charge in [-0.3, -0.25) is 9.78 Å². The number of aryl methyl sites for hydroxylation is 1. The average molecular weight is 517 g/mol. The number of hydrogen-bond donors (Lipinski definition) is 1. The molecule has 198 valence electrons. The van der Waals surface area contributed by atoms with Gasteiger partial charge in [-0.05, 0) is 24.6 Å². The molecule has 0 saturated carbocycles. The maximum Gasteiger partial charge on any atom is 0.312 e. The Morgan fingerprint density at radius 1 is 1.13 bits per heavy atom. The predicted octanol–water partition coefficient (Wildman–Crippen LogP) is 4.62. The molecule has 0 unspecified atom stereocenters. The number of ether oxygens (including phenoxy) is 3. The summed E-state index contributed by atoms with van der Waals surface area (Å²) >= 11 is 0. The summed E-state index contributed by atoms with van der Waals surface area (Å²) in [6, 6.07) is 9.61. The number of aromatic amines is 1. The second kappa shape index (κ2) is 10.7. The van der Waals surface area contributed by atoms with Gasteiger partial charge in [-0.2, -0.15) is 0 Å². The Bertz CT molecular complexity index is 1440. The second-order valence-corrected chi connectivity index (χ2v) is 9.20. The van der Waals surface area contributed by atoms with E-state index in [1.807, 2.05) is 51.1 Å². The van der Waals surface area contributed by atoms with Crippen LogP contribution in [-0.2, 0) is 32.9 Å². The van der Waals surface area contributed by atoms with E-state index in [0.717, 1.165) is 39.5 Å². The molecule has 3 aromatic heterocycles. The molecule has 5 heterocycles. The zero-order valence-electron chi connectivity index (χ0n) is 22.2. The van der Waals surface area contributed by atoms with Crippen molar-refractivity contribution in [1.29, 1.82) is 0 Å². The van der Waals surface area contributed by atoms with Crippen molar-refractivity contribution in [3.05, 3.63) is 65.5 Å². The molecule has 0 atom stereocenters. The highest BCUT2D eigenvalue weighted by atomic mass is 16.6. The van der Waals surface area contributed by atoms with E-state index in [9.17, 15) is 4.79 Å². The number of aromatic nitrogens is 5. The third-order valence-corrected chi connectivity index (χ3v) is 6.83. The first-order valence-corrected chi connectivity index (χ1v) is 12.9. The maximum absolute atomic E-state index is 12.3. The van der Waals surface area contributed by atoms with Gasteiger partial charge >= 0.3 is 5.97 Å². The summed E-state index contributed by atoms with van der Waals surface area (Å²) in [5.74, 6) is 2.43. The van der Waals surface area contributed by atoms with Gasteiger partial charge < -0.3 is 24.1 Å². The molecule has 2 aliphatic heterocycles. The van der Waals surface area contributed by atoms with Crippen LogP contribution < -0.4 is 9.64 Å². The second-order valence-electron chi connectivity index (χ2n) is 9.20. The molecule has 1 fully saturated rings. The van der Waals surface area contributed by atoms with Gasteiger partial charge in [0.1, 0.15) is 35.9 Å². The number of anilines is 1. The third-order valence-electron chi connectivity index (χ3n) is 6.83. The van der Waals surface area contributed by atoms with E-state index in [1.165, 1.54) is 6.33 Å². The summed E-state index contributed by atoms with van der Waals surface area (Å²) in [7, 11) is 1.64. The summed E-state index contributed by atoms with van der Waals surface area (Å²) in [4.78, 5) is 35.5. The van der Waals surface area contributed by atoms with Crippen LogP contribution in [0.4, 0.5) is 5.82 Å². The van der Waals surface area contributed by atoms with E-state index in [2.05, 4.69) is 29.8 Å². The Morgan fingerprint density at radius 3 is 2.74 bits per heavy atom. The molecule has 0 radical (unpaired) electrons. The highest BCUT2D eigenvalue weighted by Gasteiger charge is 2.44. The van der Waals surface area contributed by atoms with Crippen LogP contribution >= 0.6 is 0 Å². The summed E-state index contributed by atoms with van der Waals surface area (Å²) in [5.41, 5.74) is 3.98. The number of pyridine rings is 1. The zero-order valence-corrected chi connectivity index (χ0v) is 22.2. The van der Waals surface area contributed by atoms with Crippen LogP contribution in [0.25, 0.3) is 11.0 Å². The van der Waals surface area contributed by atoms with Crippen molar-refractivity contribution in [2.45, 2.75) is 52.2 Å². The van der Waals surface area contributed by atoms with Crippen molar-refractivity contribution < 1.29 is 19.0 Å². The highest BCUT2D eigenvalue weighted by molar-refractivity contribution is 5.80. The smallest absolute Gasteiger partial charge is 0.312 e. The maximum atomic E-state index is 12.3. The molecule has 1 N–H and O–H groups in total. The van der Waals surface area contributed by atoms with E-state index in [1.54, 1.807) is 13.3 Å². The van der Waals surface area contributed by atoms with Gasteiger partial charge in [0.05, 0.1) is 23.1 Å². The fraction of sp³-hybridized carbons (Fsp3) is 0.393. The number of imidazole rings is 1. The van der Waals surface area contributed by atoms with Crippen LogP contribution in [0.15, 0.2) is 42.9 Å². The minimum Gasteiger partial charge on any atom is -0.454 e. The molecule has 0 aliphatic carbocycles. The Balaban J connectivity index is 0.00000144. The SMILES string of the molecule is CC.COCc1nc2c(C)cc(Oc3cc(N4CCC5(CC4)OC(=O)Cc4ncccc45)ncn3)cc2[nH]1. The molecule has 6 rings (SSSR count). The summed E-state index contributed by atoms with van der Waals surface area (Å²) in [6.45, 7) is 7.77. The van der Waals surface area contributed by atoms with Crippen LogP contribution in [0.3, 0.4) is 0 Å². The first-order chi connectivity index (χ1) is 18.5. The zero-order chi connectivity index (χ0) is 26.7. The van der Waals surface area contributed by atoms with Crippen LogP contribution in [0.5, 0.6) is 11.6 Å². The number of fused-ring (bicyclic) bond motifs is 3. The molecule has 10 nitrogen and oxygen atoms in total. The van der Waals surface area contributed by atoms with Gasteiger partial charge in [0.15, 0.2) is 0 Å². The van der Waals surface area contributed by atoms with Crippen LogP contribution in [0, 0.1) is 6.92 Å². The average Bonchev–Trinajstić information content (AvgIpc) is 3.34. The number of carbonyl (C=O) groups excluding carboxylic acids is 1. The molecule has 1 saturated heterocycles. The Kier molecular flexibility index (Phi) is 7.24. The number of nitrogens with zero attached hydrogens (tertiary/aromatic N) is 5. The van der Waals surface area contributed by atoms with Crippen molar-refractivity contribution in [2.75, 3.05) is 25.1 Å². The molecule has 4 aromatic rings. The fourth-order valence-corrected chi connectivity index (χ4v) is 5.16. The quantitative estimate of drug-likeness (QED) is 0.380. The third kappa shape index (κ3) is 4.91. The molecular formula is C28H32N6O4. The van der Waals surface area contributed by atoms with E-state index >= 15 is 0 Å². The largest absolute Gasteiger partial charge is 0.454 e. The van der Waals surface area contributed by atoms with Crippen molar-refractivity contribution in [1.82, 2.24) is 24.9 Å². The lowest BCUT2D eigenvalue weighted by atomic mass is 9.81. The Morgan fingerprint density at radius 2 is 1.95 bits per heavy atom. The molecular weight excluding hydrogens is 484 g/mol. The van der Waals surface area contributed by atoms with Crippen molar-refractivity contribution >= 4 is 22.8 Å². The lowest BCUT2D eigenvalue weighted by Gasteiger charge is -2.44. The number of esters is 1. The van der Waals surface area contributed by atoms with Crippen molar-refractivity contribution in [2.24, 2.45) is 0 Å². The van der Waals surface area contributed by atoms with Gasteiger partial charge in [0.2, 0.25) is 5.88 Å². The highest BCUT2D eigenvalue weighted by Crippen LogP contribution is 2.42. The van der Waals surface area contributed by atoms with E-state index in [4.69, 9.17) is 14.2 Å². The van der Waals surface area contributed by atoms with Gasteiger partial charge in [-0.25, -0.2) is 15.0 Å². The van der Waals surface area contributed by atoms with Crippen molar-refractivity contribution in [3.8, 4) is 11.6 Å².